The van der Waals surface area contributed by atoms with Gasteiger partial charge in [0.1, 0.15) is 0 Å². The summed E-state index contributed by atoms with van der Waals surface area (Å²) in [6.07, 6.45) is 6.28. The van der Waals surface area contributed by atoms with Crippen LogP contribution in [0.25, 0.3) is 0 Å². The maximum absolute atomic E-state index is 11.4. The highest BCUT2D eigenvalue weighted by Gasteiger charge is 2.23. The SMILES string of the molecule is CCCCC(CC)C(CCCN)C(N)=O. The topological polar surface area (TPSA) is 69.1 Å². The van der Waals surface area contributed by atoms with E-state index in [0.29, 0.717) is 12.5 Å². The molecule has 0 fully saturated rings. The van der Waals surface area contributed by atoms with E-state index in [2.05, 4.69) is 13.8 Å². The highest BCUT2D eigenvalue weighted by atomic mass is 16.1. The molecule has 0 spiro atoms. The van der Waals surface area contributed by atoms with E-state index < -0.39 is 0 Å². The first-order valence-corrected chi connectivity index (χ1v) is 6.16. The van der Waals surface area contributed by atoms with Crippen LogP contribution in [0.3, 0.4) is 0 Å². The number of nitrogens with two attached hydrogens (primary N) is 2. The summed E-state index contributed by atoms with van der Waals surface area (Å²) in [6, 6.07) is 0. The van der Waals surface area contributed by atoms with E-state index in [1.165, 1.54) is 12.8 Å². The third-order valence-electron chi connectivity index (χ3n) is 3.11. The second kappa shape index (κ2) is 8.72. The lowest BCUT2D eigenvalue weighted by molar-refractivity contribution is -0.123. The van der Waals surface area contributed by atoms with Gasteiger partial charge in [-0.05, 0) is 31.7 Å². The zero-order valence-electron chi connectivity index (χ0n) is 10.2. The first-order valence-electron chi connectivity index (χ1n) is 6.16. The first kappa shape index (κ1) is 14.4. The maximum atomic E-state index is 11.4. The van der Waals surface area contributed by atoms with Crippen molar-refractivity contribution in [3.8, 4) is 0 Å². The van der Waals surface area contributed by atoms with Crippen molar-refractivity contribution in [3.05, 3.63) is 0 Å². The van der Waals surface area contributed by atoms with Crippen molar-refractivity contribution in [2.24, 2.45) is 23.3 Å². The van der Waals surface area contributed by atoms with Crippen molar-refractivity contribution >= 4 is 5.91 Å². The molecule has 0 heterocycles. The summed E-state index contributed by atoms with van der Waals surface area (Å²) in [5, 5.41) is 0. The van der Waals surface area contributed by atoms with Crippen LogP contribution in [-0.4, -0.2) is 12.5 Å². The highest BCUT2D eigenvalue weighted by Crippen LogP contribution is 2.25. The minimum atomic E-state index is -0.147. The molecule has 0 saturated heterocycles. The summed E-state index contributed by atoms with van der Waals surface area (Å²) >= 11 is 0. The van der Waals surface area contributed by atoms with Crippen LogP contribution in [0.1, 0.15) is 52.4 Å². The fourth-order valence-corrected chi connectivity index (χ4v) is 2.10. The van der Waals surface area contributed by atoms with E-state index in [-0.39, 0.29) is 11.8 Å². The standard InChI is InChI=1S/C12H26N2O/c1-3-5-7-10(4-2)11(12(14)15)8-6-9-13/h10-11H,3-9,13H2,1-2H3,(H2,14,15). The Kier molecular flexibility index (Phi) is 8.38. The zero-order chi connectivity index (χ0) is 11.7. The molecule has 4 N–H and O–H groups in total. The van der Waals surface area contributed by atoms with Crippen molar-refractivity contribution in [2.75, 3.05) is 6.54 Å². The molecule has 0 radical (unpaired) electrons. The number of primary amides is 1. The van der Waals surface area contributed by atoms with Gasteiger partial charge in [0.15, 0.2) is 0 Å². The van der Waals surface area contributed by atoms with Crippen molar-refractivity contribution in [2.45, 2.75) is 52.4 Å². The Morgan fingerprint density at radius 2 is 1.87 bits per heavy atom. The predicted octanol–water partition coefficient (Wildman–Crippen LogP) is 2.04. The summed E-state index contributed by atoms with van der Waals surface area (Å²) in [7, 11) is 0. The predicted molar refractivity (Wildman–Crippen MR) is 64.3 cm³/mol. The van der Waals surface area contributed by atoms with E-state index in [1.54, 1.807) is 0 Å². The number of hydrogen-bond acceptors (Lipinski definition) is 2. The van der Waals surface area contributed by atoms with Crippen LogP contribution in [0.5, 0.6) is 0 Å². The monoisotopic (exact) mass is 214 g/mol. The Hall–Kier alpha value is -0.570. The van der Waals surface area contributed by atoms with Gasteiger partial charge in [0.05, 0.1) is 0 Å². The lowest BCUT2D eigenvalue weighted by atomic mass is 9.82. The van der Waals surface area contributed by atoms with Crippen LogP contribution < -0.4 is 11.5 Å². The second-order valence-electron chi connectivity index (χ2n) is 4.25. The van der Waals surface area contributed by atoms with Crippen LogP contribution in [0.2, 0.25) is 0 Å². The molecule has 0 aromatic carbocycles. The van der Waals surface area contributed by atoms with E-state index in [1.807, 2.05) is 0 Å². The molecule has 0 aliphatic carbocycles. The average Bonchev–Trinajstić information content (AvgIpc) is 2.22. The largest absolute Gasteiger partial charge is 0.369 e. The zero-order valence-corrected chi connectivity index (χ0v) is 10.2. The van der Waals surface area contributed by atoms with Gasteiger partial charge < -0.3 is 11.5 Å². The fraction of sp³-hybridized carbons (Fsp3) is 0.917. The minimum Gasteiger partial charge on any atom is -0.369 e. The van der Waals surface area contributed by atoms with E-state index in [0.717, 1.165) is 25.7 Å². The molecule has 3 heteroatoms. The van der Waals surface area contributed by atoms with Crippen molar-refractivity contribution in [1.82, 2.24) is 0 Å². The molecule has 0 rings (SSSR count). The molecular weight excluding hydrogens is 188 g/mol. The number of carbonyl (C=O) groups is 1. The van der Waals surface area contributed by atoms with Crippen molar-refractivity contribution in [1.29, 1.82) is 0 Å². The molecule has 1 amide bonds. The number of rotatable bonds is 9. The Morgan fingerprint density at radius 1 is 1.20 bits per heavy atom. The van der Waals surface area contributed by atoms with Gasteiger partial charge in [0, 0.05) is 5.92 Å². The van der Waals surface area contributed by atoms with Gasteiger partial charge in [-0.25, -0.2) is 0 Å². The second-order valence-corrected chi connectivity index (χ2v) is 4.25. The number of carbonyl (C=O) groups excluding carboxylic acids is 1. The molecule has 0 bridgehead atoms. The molecule has 0 aromatic heterocycles. The Bertz CT molecular complexity index is 171. The molecular formula is C12H26N2O. The smallest absolute Gasteiger partial charge is 0.220 e. The molecule has 3 nitrogen and oxygen atoms in total. The van der Waals surface area contributed by atoms with Crippen molar-refractivity contribution < 1.29 is 4.79 Å². The number of unbranched alkanes of at least 4 members (excludes halogenated alkanes) is 1. The van der Waals surface area contributed by atoms with Gasteiger partial charge in [0.25, 0.3) is 0 Å². The van der Waals surface area contributed by atoms with Gasteiger partial charge in [-0.3, -0.25) is 4.79 Å². The average molecular weight is 214 g/mol. The highest BCUT2D eigenvalue weighted by molar-refractivity contribution is 5.76. The number of amides is 1. The lowest BCUT2D eigenvalue weighted by Crippen LogP contribution is -2.30. The number of hydrogen-bond donors (Lipinski definition) is 2. The van der Waals surface area contributed by atoms with Crippen LogP contribution in [0, 0.1) is 11.8 Å². The summed E-state index contributed by atoms with van der Waals surface area (Å²) < 4.78 is 0. The molecule has 0 aliphatic rings. The van der Waals surface area contributed by atoms with Gasteiger partial charge in [-0.2, -0.15) is 0 Å². The van der Waals surface area contributed by atoms with Gasteiger partial charge >= 0.3 is 0 Å². The lowest BCUT2D eigenvalue weighted by Gasteiger charge is -2.23. The summed E-state index contributed by atoms with van der Waals surface area (Å²) in [5.41, 5.74) is 10.9. The fourth-order valence-electron chi connectivity index (χ4n) is 2.10. The molecule has 0 aromatic rings. The van der Waals surface area contributed by atoms with E-state index in [9.17, 15) is 4.79 Å². The van der Waals surface area contributed by atoms with Crippen LogP contribution >= 0.6 is 0 Å². The maximum Gasteiger partial charge on any atom is 0.220 e. The van der Waals surface area contributed by atoms with Crippen molar-refractivity contribution in [3.63, 3.8) is 0 Å². The molecule has 2 atom stereocenters. The minimum absolute atomic E-state index is 0.0325. The molecule has 15 heavy (non-hydrogen) atoms. The molecule has 2 unspecified atom stereocenters. The quantitative estimate of drug-likeness (QED) is 0.616. The summed E-state index contributed by atoms with van der Waals surface area (Å²) in [5.74, 6) is 0.338. The first-order chi connectivity index (χ1) is 7.17. The Morgan fingerprint density at radius 3 is 2.27 bits per heavy atom. The summed E-state index contributed by atoms with van der Waals surface area (Å²) in [6.45, 7) is 4.96. The Balaban J connectivity index is 4.20. The Labute approximate surface area is 93.6 Å². The molecule has 90 valence electrons. The normalized spacial score (nSPS) is 14.9. The van der Waals surface area contributed by atoms with Gasteiger partial charge in [-0.15, -0.1) is 0 Å². The third-order valence-corrected chi connectivity index (χ3v) is 3.11. The third kappa shape index (κ3) is 5.78. The van der Waals surface area contributed by atoms with E-state index in [4.69, 9.17) is 11.5 Å². The molecule has 0 aliphatic heterocycles. The van der Waals surface area contributed by atoms with Crippen LogP contribution in [0.4, 0.5) is 0 Å². The van der Waals surface area contributed by atoms with Crippen LogP contribution in [0.15, 0.2) is 0 Å². The van der Waals surface area contributed by atoms with E-state index >= 15 is 0 Å². The van der Waals surface area contributed by atoms with Gasteiger partial charge in [0.2, 0.25) is 5.91 Å². The summed E-state index contributed by atoms with van der Waals surface area (Å²) in [4.78, 5) is 11.4. The van der Waals surface area contributed by atoms with Crippen LogP contribution in [-0.2, 0) is 4.79 Å². The van der Waals surface area contributed by atoms with Gasteiger partial charge in [-0.1, -0.05) is 33.1 Å². The molecule has 0 saturated carbocycles.